The van der Waals surface area contributed by atoms with Crippen LogP contribution < -0.4 is 10.6 Å². The molecule has 1 fully saturated rings. The SMILES string of the molecule is CN=C(NCCSc1ccc(Cl)cc1)NCCC1CCN(C)CC1. The van der Waals surface area contributed by atoms with Crippen LogP contribution in [0.15, 0.2) is 34.2 Å². The molecule has 0 bridgehead atoms. The summed E-state index contributed by atoms with van der Waals surface area (Å²) >= 11 is 7.72. The largest absolute Gasteiger partial charge is 0.356 e. The Morgan fingerprint density at radius 2 is 1.88 bits per heavy atom. The van der Waals surface area contributed by atoms with Gasteiger partial charge in [-0.25, -0.2) is 0 Å². The number of hydrogen-bond donors (Lipinski definition) is 2. The van der Waals surface area contributed by atoms with E-state index in [4.69, 9.17) is 11.6 Å². The highest BCUT2D eigenvalue weighted by molar-refractivity contribution is 7.99. The molecule has 0 atom stereocenters. The first-order chi connectivity index (χ1) is 11.7. The van der Waals surface area contributed by atoms with Gasteiger partial charge in [-0.05, 0) is 69.6 Å². The second-order valence-corrected chi connectivity index (χ2v) is 7.87. The van der Waals surface area contributed by atoms with Gasteiger partial charge in [0.05, 0.1) is 0 Å². The molecular weight excluding hydrogens is 340 g/mol. The van der Waals surface area contributed by atoms with E-state index in [1.165, 1.54) is 37.2 Å². The Morgan fingerprint density at radius 1 is 1.21 bits per heavy atom. The molecule has 0 spiro atoms. The fraction of sp³-hybridized carbons (Fsp3) is 0.611. The molecule has 0 aliphatic carbocycles. The first-order valence-corrected chi connectivity index (χ1v) is 10.0. The van der Waals surface area contributed by atoms with Gasteiger partial charge in [0, 0.05) is 35.8 Å². The van der Waals surface area contributed by atoms with Crippen LogP contribution in [0.3, 0.4) is 0 Å². The van der Waals surface area contributed by atoms with Crippen LogP contribution >= 0.6 is 23.4 Å². The number of guanidine groups is 1. The van der Waals surface area contributed by atoms with Crippen LogP contribution in [0.1, 0.15) is 19.3 Å². The van der Waals surface area contributed by atoms with Crippen LogP contribution in [0, 0.1) is 5.92 Å². The van der Waals surface area contributed by atoms with Crippen molar-refractivity contribution < 1.29 is 0 Å². The molecule has 24 heavy (non-hydrogen) atoms. The molecule has 1 saturated heterocycles. The van der Waals surface area contributed by atoms with Gasteiger partial charge in [0.15, 0.2) is 5.96 Å². The first-order valence-electron chi connectivity index (χ1n) is 8.69. The summed E-state index contributed by atoms with van der Waals surface area (Å²) in [6.07, 6.45) is 3.87. The van der Waals surface area contributed by atoms with Crippen LogP contribution in [-0.4, -0.2) is 56.9 Å². The number of rotatable bonds is 7. The van der Waals surface area contributed by atoms with Gasteiger partial charge in [-0.15, -0.1) is 11.8 Å². The van der Waals surface area contributed by atoms with Gasteiger partial charge in [-0.2, -0.15) is 0 Å². The summed E-state index contributed by atoms with van der Waals surface area (Å²) in [6.45, 7) is 4.36. The third kappa shape index (κ3) is 7.32. The topological polar surface area (TPSA) is 39.7 Å². The highest BCUT2D eigenvalue weighted by atomic mass is 35.5. The van der Waals surface area contributed by atoms with Crippen molar-refractivity contribution in [3.05, 3.63) is 29.3 Å². The second-order valence-electron chi connectivity index (χ2n) is 6.26. The maximum Gasteiger partial charge on any atom is 0.191 e. The van der Waals surface area contributed by atoms with Crippen LogP contribution in [0.5, 0.6) is 0 Å². The zero-order valence-corrected chi connectivity index (χ0v) is 16.3. The molecule has 1 heterocycles. The summed E-state index contributed by atoms with van der Waals surface area (Å²) in [4.78, 5) is 7.96. The Bertz CT molecular complexity index is 498. The molecule has 0 aromatic heterocycles. The summed E-state index contributed by atoms with van der Waals surface area (Å²) in [5, 5.41) is 7.60. The van der Waals surface area contributed by atoms with Crippen molar-refractivity contribution in [2.24, 2.45) is 10.9 Å². The molecular formula is C18H29ClN4S. The molecule has 1 aliphatic rings. The highest BCUT2D eigenvalue weighted by Gasteiger charge is 2.16. The molecule has 0 unspecified atom stereocenters. The Morgan fingerprint density at radius 3 is 2.54 bits per heavy atom. The van der Waals surface area contributed by atoms with Crippen molar-refractivity contribution in [1.82, 2.24) is 15.5 Å². The zero-order valence-electron chi connectivity index (χ0n) is 14.7. The van der Waals surface area contributed by atoms with Crippen molar-refractivity contribution in [2.75, 3.05) is 46.0 Å². The minimum atomic E-state index is 0.784. The minimum absolute atomic E-state index is 0.784. The molecule has 2 N–H and O–H groups in total. The highest BCUT2D eigenvalue weighted by Crippen LogP contribution is 2.20. The molecule has 1 aromatic rings. The molecule has 134 valence electrons. The van der Waals surface area contributed by atoms with Crippen molar-refractivity contribution in [3.63, 3.8) is 0 Å². The number of aliphatic imine (C=N–C) groups is 1. The lowest BCUT2D eigenvalue weighted by atomic mass is 9.94. The molecule has 4 nitrogen and oxygen atoms in total. The summed E-state index contributed by atoms with van der Waals surface area (Å²) in [6, 6.07) is 7.98. The predicted molar refractivity (Wildman–Crippen MR) is 106 cm³/mol. The number of piperidine rings is 1. The average Bonchev–Trinajstić information content (AvgIpc) is 2.60. The van der Waals surface area contributed by atoms with E-state index in [-0.39, 0.29) is 0 Å². The molecule has 6 heteroatoms. The number of likely N-dealkylation sites (tertiary alicyclic amines) is 1. The number of nitrogens with one attached hydrogen (secondary N) is 2. The lowest BCUT2D eigenvalue weighted by molar-refractivity contribution is 0.213. The summed E-state index contributed by atoms with van der Waals surface area (Å²) < 4.78 is 0. The average molecular weight is 369 g/mol. The maximum absolute atomic E-state index is 5.90. The lowest BCUT2D eigenvalue weighted by Gasteiger charge is -2.29. The number of hydrogen-bond acceptors (Lipinski definition) is 3. The molecule has 0 amide bonds. The Balaban J connectivity index is 1.56. The maximum atomic E-state index is 5.90. The standard InChI is InChI=1S/C18H29ClN4S/c1-20-18(21-10-7-15-8-12-23(2)13-9-15)22-11-14-24-17-5-3-16(19)4-6-17/h3-6,15H,7-14H2,1-2H3,(H2,20,21,22). The van der Waals surface area contributed by atoms with Crippen molar-refractivity contribution in [1.29, 1.82) is 0 Å². The van der Waals surface area contributed by atoms with E-state index >= 15 is 0 Å². The third-order valence-corrected chi connectivity index (χ3v) is 5.65. The van der Waals surface area contributed by atoms with Crippen molar-refractivity contribution in [3.8, 4) is 0 Å². The Labute approximate surface area is 155 Å². The minimum Gasteiger partial charge on any atom is -0.356 e. The van der Waals surface area contributed by atoms with Crippen LogP contribution in [0.25, 0.3) is 0 Å². The van der Waals surface area contributed by atoms with Gasteiger partial charge >= 0.3 is 0 Å². The molecule has 1 aliphatic heterocycles. The van der Waals surface area contributed by atoms with Gasteiger partial charge < -0.3 is 15.5 Å². The second kappa shape index (κ2) is 10.9. The zero-order chi connectivity index (χ0) is 17.2. The Hall–Kier alpha value is -0.910. The number of benzene rings is 1. The van der Waals surface area contributed by atoms with Crippen molar-refractivity contribution >= 4 is 29.3 Å². The van der Waals surface area contributed by atoms with E-state index in [1.807, 2.05) is 30.9 Å². The fourth-order valence-corrected chi connectivity index (χ4v) is 3.73. The summed E-state index contributed by atoms with van der Waals surface area (Å²) in [7, 11) is 4.04. The number of halogens is 1. The fourth-order valence-electron chi connectivity index (χ4n) is 2.84. The quantitative estimate of drug-likeness (QED) is 0.335. The van der Waals surface area contributed by atoms with Gasteiger partial charge in [-0.1, -0.05) is 11.6 Å². The molecule has 0 saturated carbocycles. The van der Waals surface area contributed by atoms with E-state index in [2.05, 4.69) is 39.7 Å². The third-order valence-electron chi connectivity index (χ3n) is 4.38. The monoisotopic (exact) mass is 368 g/mol. The van der Waals surface area contributed by atoms with Crippen LogP contribution in [0.2, 0.25) is 5.02 Å². The molecule has 2 rings (SSSR count). The normalized spacial score (nSPS) is 17.0. The van der Waals surface area contributed by atoms with Gasteiger partial charge in [0.2, 0.25) is 0 Å². The first kappa shape index (κ1) is 19.4. The summed E-state index contributed by atoms with van der Waals surface area (Å²) in [5.41, 5.74) is 0. The molecule has 1 aromatic carbocycles. The van der Waals surface area contributed by atoms with E-state index in [9.17, 15) is 0 Å². The predicted octanol–water partition coefficient (Wildman–Crippen LogP) is 3.33. The summed E-state index contributed by atoms with van der Waals surface area (Å²) in [5.74, 6) is 2.75. The van der Waals surface area contributed by atoms with Crippen LogP contribution in [0.4, 0.5) is 0 Å². The van der Waals surface area contributed by atoms with Crippen LogP contribution in [-0.2, 0) is 0 Å². The Kier molecular flexibility index (Phi) is 8.78. The van der Waals surface area contributed by atoms with Gasteiger partial charge in [0.1, 0.15) is 0 Å². The lowest BCUT2D eigenvalue weighted by Crippen LogP contribution is -2.40. The van der Waals surface area contributed by atoms with E-state index in [1.54, 1.807) is 0 Å². The van der Waals surface area contributed by atoms with E-state index < -0.39 is 0 Å². The number of thioether (sulfide) groups is 1. The van der Waals surface area contributed by atoms with E-state index in [0.717, 1.165) is 35.7 Å². The van der Waals surface area contributed by atoms with Gasteiger partial charge in [-0.3, -0.25) is 4.99 Å². The molecule has 0 radical (unpaired) electrons. The smallest absolute Gasteiger partial charge is 0.191 e. The van der Waals surface area contributed by atoms with Gasteiger partial charge in [0.25, 0.3) is 0 Å². The number of nitrogens with zero attached hydrogens (tertiary/aromatic N) is 2. The van der Waals surface area contributed by atoms with E-state index in [0.29, 0.717) is 0 Å². The van der Waals surface area contributed by atoms with Crippen molar-refractivity contribution in [2.45, 2.75) is 24.2 Å².